The lowest BCUT2D eigenvalue weighted by atomic mass is 9.72. The summed E-state index contributed by atoms with van der Waals surface area (Å²) >= 11 is 0. The molecule has 1 saturated carbocycles. The monoisotopic (exact) mass is 207 g/mol. The van der Waals surface area contributed by atoms with Crippen LogP contribution in [-0.2, 0) is 5.54 Å². The third-order valence-electron chi connectivity index (χ3n) is 3.30. The molecule has 3 N–H and O–H groups in total. The summed E-state index contributed by atoms with van der Waals surface area (Å²) in [6.07, 6.45) is 3.01. The Morgan fingerprint density at radius 1 is 1.40 bits per heavy atom. The molecule has 1 aromatic rings. The van der Waals surface area contributed by atoms with Crippen molar-refractivity contribution in [2.45, 2.75) is 31.7 Å². The molecule has 0 saturated heterocycles. The van der Waals surface area contributed by atoms with Crippen molar-refractivity contribution >= 4 is 0 Å². The molecule has 82 valence electrons. The Labute approximate surface area is 89.9 Å². The number of ether oxygens (including phenoxy) is 1. The Balaban J connectivity index is 2.47. The highest BCUT2D eigenvalue weighted by atomic mass is 16.5. The van der Waals surface area contributed by atoms with Crippen LogP contribution < -0.4 is 10.5 Å². The van der Waals surface area contributed by atoms with E-state index in [0.29, 0.717) is 0 Å². The van der Waals surface area contributed by atoms with Crippen LogP contribution in [0, 0.1) is 6.92 Å². The standard InChI is InChI=1S/C12H17NO2/c1-8-6-10(14)9(7-11(8)15-2)12(13)4-3-5-12/h6-7,14H,3-5,13H2,1-2H3. The third-order valence-corrected chi connectivity index (χ3v) is 3.30. The minimum absolute atomic E-state index is 0.288. The average Bonchev–Trinajstić information content (AvgIpc) is 2.15. The Morgan fingerprint density at radius 2 is 2.07 bits per heavy atom. The van der Waals surface area contributed by atoms with Crippen LogP contribution in [0.1, 0.15) is 30.4 Å². The number of aryl methyl sites for hydroxylation is 1. The van der Waals surface area contributed by atoms with E-state index in [0.717, 1.165) is 36.1 Å². The van der Waals surface area contributed by atoms with Crippen LogP contribution in [0.5, 0.6) is 11.5 Å². The van der Waals surface area contributed by atoms with Crippen LogP contribution in [0.15, 0.2) is 12.1 Å². The highest BCUT2D eigenvalue weighted by molar-refractivity contribution is 5.49. The molecule has 1 aromatic carbocycles. The van der Waals surface area contributed by atoms with E-state index in [2.05, 4.69) is 0 Å². The van der Waals surface area contributed by atoms with Gasteiger partial charge in [0.15, 0.2) is 0 Å². The lowest BCUT2D eigenvalue weighted by Crippen LogP contribution is -2.43. The number of methoxy groups -OCH3 is 1. The van der Waals surface area contributed by atoms with Gasteiger partial charge in [-0.2, -0.15) is 0 Å². The summed E-state index contributed by atoms with van der Waals surface area (Å²) in [5.74, 6) is 1.08. The van der Waals surface area contributed by atoms with Gasteiger partial charge in [-0.15, -0.1) is 0 Å². The molecule has 0 unspecified atom stereocenters. The topological polar surface area (TPSA) is 55.5 Å². The molecule has 0 atom stereocenters. The minimum Gasteiger partial charge on any atom is -0.508 e. The summed E-state index contributed by atoms with van der Waals surface area (Å²) in [5, 5.41) is 9.88. The van der Waals surface area contributed by atoms with E-state index in [1.807, 2.05) is 13.0 Å². The number of phenolic OH excluding ortho intramolecular Hbond substituents is 1. The molecule has 2 rings (SSSR count). The van der Waals surface area contributed by atoms with E-state index in [1.54, 1.807) is 13.2 Å². The maximum atomic E-state index is 9.88. The molecule has 1 fully saturated rings. The fraction of sp³-hybridized carbons (Fsp3) is 0.500. The lowest BCUT2D eigenvalue weighted by Gasteiger charge is -2.39. The van der Waals surface area contributed by atoms with Crippen molar-refractivity contribution in [1.29, 1.82) is 0 Å². The SMILES string of the molecule is COc1cc(C2(N)CCC2)c(O)cc1C. The first-order valence-electron chi connectivity index (χ1n) is 5.24. The molecule has 0 heterocycles. The molecule has 0 aromatic heterocycles. The van der Waals surface area contributed by atoms with E-state index in [-0.39, 0.29) is 11.3 Å². The number of aromatic hydroxyl groups is 1. The van der Waals surface area contributed by atoms with Gasteiger partial charge in [0.2, 0.25) is 0 Å². The quantitative estimate of drug-likeness (QED) is 0.780. The zero-order valence-corrected chi connectivity index (χ0v) is 9.21. The van der Waals surface area contributed by atoms with E-state index >= 15 is 0 Å². The van der Waals surface area contributed by atoms with Crippen molar-refractivity contribution in [2.24, 2.45) is 5.73 Å². The zero-order valence-electron chi connectivity index (χ0n) is 9.21. The van der Waals surface area contributed by atoms with Crippen LogP contribution in [-0.4, -0.2) is 12.2 Å². The van der Waals surface area contributed by atoms with E-state index < -0.39 is 0 Å². The Bertz CT molecular complexity index is 383. The number of benzene rings is 1. The van der Waals surface area contributed by atoms with Crippen LogP contribution in [0.25, 0.3) is 0 Å². The molecule has 0 bridgehead atoms. The summed E-state index contributed by atoms with van der Waals surface area (Å²) in [6, 6.07) is 3.59. The number of hydrogen-bond acceptors (Lipinski definition) is 3. The molecule has 0 amide bonds. The summed E-state index contributed by atoms with van der Waals surface area (Å²) < 4.78 is 5.24. The van der Waals surface area contributed by atoms with E-state index in [1.165, 1.54) is 0 Å². The predicted octanol–water partition coefficient (Wildman–Crippen LogP) is 2.05. The fourth-order valence-electron chi connectivity index (χ4n) is 2.12. The number of rotatable bonds is 2. The average molecular weight is 207 g/mol. The van der Waals surface area contributed by atoms with Gasteiger partial charge in [-0.3, -0.25) is 0 Å². The minimum atomic E-state index is -0.342. The van der Waals surface area contributed by atoms with Crippen molar-refractivity contribution in [3.05, 3.63) is 23.3 Å². The highest BCUT2D eigenvalue weighted by Gasteiger charge is 2.36. The van der Waals surface area contributed by atoms with E-state index in [9.17, 15) is 5.11 Å². The van der Waals surface area contributed by atoms with Gasteiger partial charge in [0.1, 0.15) is 11.5 Å². The second-order valence-corrected chi connectivity index (χ2v) is 4.35. The first-order valence-corrected chi connectivity index (χ1v) is 5.24. The van der Waals surface area contributed by atoms with Crippen LogP contribution >= 0.6 is 0 Å². The molecule has 1 aliphatic carbocycles. The largest absolute Gasteiger partial charge is 0.508 e. The molecule has 3 nitrogen and oxygen atoms in total. The Hall–Kier alpha value is -1.22. The first-order chi connectivity index (χ1) is 7.07. The van der Waals surface area contributed by atoms with Crippen LogP contribution in [0.3, 0.4) is 0 Å². The van der Waals surface area contributed by atoms with Crippen molar-refractivity contribution in [1.82, 2.24) is 0 Å². The van der Waals surface area contributed by atoms with Crippen molar-refractivity contribution in [3.63, 3.8) is 0 Å². The molecule has 1 aliphatic rings. The highest BCUT2D eigenvalue weighted by Crippen LogP contribution is 2.44. The van der Waals surface area contributed by atoms with Gasteiger partial charge < -0.3 is 15.6 Å². The smallest absolute Gasteiger partial charge is 0.122 e. The van der Waals surface area contributed by atoms with Gasteiger partial charge in [-0.05, 0) is 43.9 Å². The molecule has 0 radical (unpaired) electrons. The van der Waals surface area contributed by atoms with E-state index in [4.69, 9.17) is 10.5 Å². The molecule has 15 heavy (non-hydrogen) atoms. The van der Waals surface area contributed by atoms with Gasteiger partial charge in [-0.1, -0.05) is 0 Å². The van der Waals surface area contributed by atoms with Crippen molar-refractivity contribution < 1.29 is 9.84 Å². The Kier molecular flexibility index (Phi) is 2.35. The summed E-state index contributed by atoms with van der Waals surface area (Å²) in [7, 11) is 1.63. The van der Waals surface area contributed by atoms with Gasteiger partial charge in [0.05, 0.1) is 7.11 Å². The Morgan fingerprint density at radius 3 is 2.53 bits per heavy atom. The maximum absolute atomic E-state index is 9.88. The molecule has 0 spiro atoms. The summed E-state index contributed by atoms with van der Waals surface area (Å²) in [4.78, 5) is 0. The van der Waals surface area contributed by atoms with Gasteiger partial charge in [0.25, 0.3) is 0 Å². The summed E-state index contributed by atoms with van der Waals surface area (Å²) in [6.45, 7) is 1.91. The van der Waals surface area contributed by atoms with Gasteiger partial charge in [-0.25, -0.2) is 0 Å². The number of nitrogens with two attached hydrogens (primary N) is 1. The maximum Gasteiger partial charge on any atom is 0.122 e. The fourth-order valence-corrected chi connectivity index (χ4v) is 2.12. The van der Waals surface area contributed by atoms with Gasteiger partial charge in [0, 0.05) is 11.1 Å². The predicted molar refractivity (Wildman–Crippen MR) is 59.1 cm³/mol. The molecular weight excluding hydrogens is 190 g/mol. The van der Waals surface area contributed by atoms with Crippen LogP contribution in [0.4, 0.5) is 0 Å². The zero-order chi connectivity index (χ0) is 11.1. The van der Waals surface area contributed by atoms with Crippen molar-refractivity contribution in [3.8, 4) is 11.5 Å². The second kappa shape index (κ2) is 3.42. The molecule has 3 heteroatoms. The normalized spacial score (nSPS) is 18.3. The second-order valence-electron chi connectivity index (χ2n) is 4.35. The number of phenols is 1. The molecular formula is C12H17NO2. The third kappa shape index (κ3) is 1.57. The molecule has 0 aliphatic heterocycles. The van der Waals surface area contributed by atoms with Crippen molar-refractivity contribution in [2.75, 3.05) is 7.11 Å². The summed E-state index contributed by atoms with van der Waals surface area (Å²) in [5.41, 5.74) is 7.59. The number of hydrogen-bond donors (Lipinski definition) is 2. The van der Waals surface area contributed by atoms with Crippen LogP contribution in [0.2, 0.25) is 0 Å². The lowest BCUT2D eigenvalue weighted by molar-refractivity contribution is 0.244. The first kappa shape index (κ1) is 10.3. The van der Waals surface area contributed by atoms with Gasteiger partial charge >= 0.3 is 0 Å².